The van der Waals surface area contributed by atoms with Gasteiger partial charge in [0, 0.05) is 25.0 Å². The first-order valence-electron chi connectivity index (χ1n) is 6.40. The second-order valence-corrected chi connectivity index (χ2v) is 4.38. The number of nitrogens with one attached hydrogen (secondary N) is 1. The lowest BCUT2D eigenvalue weighted by Crippen LogP contribution is -2.22. The Balaban J connectivity index is 0.00000242. The van der Waals surface area contributed by atoms with E-state index in [-0.39, 0.29) is 24.0 Å². The van der Waals surface area contributed by atoms with Crippen LogP contribution in [0.2, 0.25) is 0 Å². The Morgan fingerprint density at radius 2 is 2.00 bits per heavy atom. The summed E-state index contributed by atoms with van der Waals surface area (Å²) in [7, 11) is 5.03. The summed E-state index contributed by atoms with van der Waals surface area (Å²) in [4.78, 5) is 4.24. The number of aryl methyl sites for hydroxylation is 1. The molecule has 1 aromatic heterocycles. The van der Waals surface area contributed by atoms with Crippen LogP contribution >= 0.6 is 24.0 Å². The van der Waals surface area contributed by atoms with E-state index in [4.69, 9.17) is 15.2 Å². The average Bonchev–Trinajstić information content (AvgIpc) is 2.90. The zero-order valence-electron chi connectivity index (χ0n) is 12.7. The van der Waals surface area contributed by atoms with Gasteiger partial charge < -0.3 is 20.5 Å². The number of nitrogens with two attached hydrogens (primary N) is 1. The molecule has 1 aromatic carbocycles. The molecule has 2 rings (SSSR count). The number of anilines is 1. The van der Waals surface area contributed by atoms with Crippen LogP contribution in [0, 0.1) is 0 Å². The highest BCUT2D eigenvalue weighted by molar-refractivity contribution is 14.0. The van der Waals surface area contributed by atoms with E-state index in [0.717, 1.165) is 11.4 Å². The van der Waals surface area contributed by atoms with Crippen molar-refractivity contribution in [2.24, 2.45) is 17.8 Å². The standard InChI is InChI=1S/C14H19N5O2.HI/c1-19-7-6-11(18-19)9-16-14(15)17-10-4-5-12(20-2)13(8-10)21-3;/h4-8H,9H2,1-3H3,(H3,15,16,17);1H. The van der Waals surface area contributed by atoms with Gasteiger partial charge in [-0.2, -0.15) is 5.10 Å². The van der Waals surface area contributed by atoms with Crippen molar-refractivity contribution >= 4 is 35.6 Å². The van der Waals surface area contributed by atoms with Crippen LogP contribution in [-0.4, -0.2) is 30.0 Å². The molecule has 2 aromatic rings. The van der Waals surface area contributed by atoms with Crippen molar-refractivity contribution in [1.82, 2.24) is 9.78 Å². The van der Waals surface area contributed by atoms with E-state index in [1.807, 2.05) is 25.4 Å². The van der Waals surface area contributed by atoms with Gasteiger partial charge in [-0.1, -0.05) is 0 Å². The Kier molecular flexibility index (Phi) is 6.96. The van der Waals surface area contributed by atoms with Crippen molar-refractivity contribution < 1.29 is 9.47 Å². The molecule has 0 saturated carbocycles. The van der Waals surface area contributed by atoms with E-state index < -0.39 is 0 Å². The lowest BCUT2D eigenvalue weighted by Gasteiger charge is -2.10. The maximum atomic E-state index is 5.85. The van der Waals surface area contributed by atoms with Gasteiger partial charge in [-0.25, -0.2) is 4.99 Å². The van der Waals surface area contributed by atoms with Crippen LogP contribution in [0.5, 0.6) is 11.5 Å². The number of aromatic nitrogens is 2. The zero-order chi connectivity index (χ0) is 15.2. The van der Waals surface area contributed by atoms with Gasteiger partial charge in [-0.15, -0.1) is 24.0 Å². The summed E-state index contributed by atoms with van der Waals surface area (Å²) in [5.74, 6) is 1.60. The number of hydrogen-bond donors (Lipinski definition) is 2. The van der Waals surface area contributed by atoms with Crippen molar-refractivity contribution in [3.8, 4) is 11.5 Å². The average molecular weight is 417 g/mol. The third kappa shape index (κ3) is 4.79. The third-order valence-corrected chi connectivity index (χ3v) is 2.84. The summed E-state index contributed by atoms with van der Waals surface area (Å²) in [5, 5.41) is 7.23. The third-order valence-electron chi connectivity index (χ3n) is 2.84. The van der Waals surface area contributed by atoms with Crippen LogP contribution < -0.4 is 20.5 Å². The fourth-order valence-electron chi connectivity index (χ4n) is 1.82. The Hall–Kier alpha value is -1.97. The van der Waals surface area contributed by atoms with E-state index in [0.29, 0.717) is 24.0 Å². The lowest BCUT2D eigenvalue weighted by atomic mass is 10.3. The van der Waals surface area contributed by atoms with Gasteiger partial charge in [0.15, 0.2) is 17.5 Å². The molecule has 1 heterocycles. The molecule has 0 unspecified atom stereocenters. The van der Waals surface area contributed by atoms with Crippen LogP contribution in [0.1, 0.15) is 5.69 Å². The molecule has 0 fully saturated rings. The highest BCUT2D eigenvalue weighted by Gasteiger charge is 2.05. The fourth-order valence-corrected chi connectivity index (χ4v) is 1.82. The Bertz CT molecular complexity index is 642. The van der Waals surface area contributed by atoms with Crippen LogP contribution in [0.25, 0.3) is 0 Å². The highest BCUT2D eigenvalue weighted by atomic mass is 127. The van der Waals surface area contributed by atoms with Crippen molar-refractivity contribution in [2.75, 3.05) is 19.5 Å². The molecule has 7 nitrogen and oxygen atoms in total. The van der Waals surface area contributed by atoms with Crippen molar-refractivity contribution in [1.29, 1.82) is 0 Å². The van der Waals surface area contributed by atoms with Gasteiger partial charge in [-0.05, 0) is 18.2 Å². The molecule has 120 valence electrons. The number of methoxy groups -OCH3 is 2. The van der Waals surface area contributed by atoms with Crippen molar-refractivity contribution in [3.63, 3.8) is 0 Å². The van der Waals surface area contributed by atoms with E-state index in [2.05, 4.69) is 15.4 Å². The summed E-state index contributed by atoms with van der Waals surface area (Å²) in [6, 6.07) is 7.33. The number of benzene rings is 1. The minimum atomic E-state index is 0. The maximum absolute atomic E-state index is 5.85. The minimum Gasteiger partial charge on any atom is -0.493 e. The molecule has 0 aliphatic carbocycles. The molecule has 0 aliphatic rings. The maximum Gasteiger partial charge on any atom is 0.193 e. The molecule has 0 atom stereocenters. The molecule has 0 amide bonds. The molecule has 8 heteroatoms. The zero-order valence-corrected chi connectivity index (χ0v) is 15.1. The highest BCUT2D eigenvalue weighted by Crippen LogP contribution is 2.29. The molecule has 0 spiro atoms. The van der Waals surface area contributed by atoms with Crippen LogP contribution in [0.3, 0.4) is 0 Å². The first kappa shape index (κ1) is 18.1. The summed E-state index contributed by atoms with van der Waals surface area (Å²) < 4.78 is 12.1. The van der Waals surface area contributed by atoms with Gasteiger partial charge in [0.2, 0.25) is 0 Å². The number of guanidine groups is 1. The first-order valence-corrected chi connectivity index (χ1v) is 6.40. The van der Waals surface area contributed by atoms with E-state index in [9.17, 15) is 0 Å². The number of nitrogens with zero attached hydrogens (tertiary/aromatic N) is 3. The predicted octanol–water partition coefficient (Wildman–Crippen LogP) is 1.98. The monoisotopic (exact) mass is 417 g/mol. The van der Waals surface area contributed by atoms with Crippen LogP contribution in [-0.2, 0) is 13.6 Å². The summed E-state index contributed by atoms with van der Waals surface area (Å²) >= 11 is 0. The minimum absolute atomic E-state index is 0. The van der Waals surface area contributed by atoms with Gasteiger partial charge in [0.1, 0.15) is 0 Å². The smallest absolute Gasteiger partial charge is 0.193 e. The summed E-state index contributed by atoms with van der Waals surface area (Å²) in [6.45, 7) is 0.424. The number of aliphatic imine (C=N–C) groups is 1. The number of hydrogen-bond acceptors (Lipinski definition) is 4. The molecule has 0 bridgehead atoms. The largest absolute Gasteiger partial charge is 0.493 e. The summed E-state index contributed by atoms with van der Waals surface area (Å²) in [6.07, 6.45) is 1.86. The summed E-state index contributed by atoms with van der Waals surface area (Å²) in [5.41, 5.74) is 7.48. The quantitative estimate of drug-likeness (QED) is 0.442. The predicted molar refractivity (Wildman–Crippen MR) is 97.1 cm³/mol. The van der Waals surface area contributed by atoms with Crippen molar-refractivity contribution in [2.45, 2.75) is 6.54 Å². The molecule has 22 heavy (non-hydrogen) atoms. The van der Waals surface area contributed by atoms with Crippen LogP contribution in [0.4, 0.5) is 5.69 Å². The van der Waals surface area contributed by atoms with E-state index >= 15 is 0 Å². The SMILES string of the molecule is COc1ccc(NC(N)=NCc2ccn(C)n2)cc1OC.I. The molecule has 0 radical (unpaired) electrons. The van der Waals surface area contributed by atoms with E-state index in [1.54, 1.807) is 31.0 Å². The second-order valence-electron chi connectivity index (χ2n) is 4.38. The number of ether oxygens (including phenoxy) is 2. The van der Waals surface area contributed by atoms with Crippen molar-refractivity contribution in [3.05, 3.63) is 36.2 Å². The van der Waals surface area contributed by atoms with Gasteiger partial charge in [-0.3, -0.25) is 4.68 Å². The lowest BCUT2D eigenvalue weighted by molar-refractivity contribution is 0.355. The molecule has 0 aliphatic heterocycles. The Morgan fingerprint density at radius 1 is 1.27 bits per heavy atom. The normalized spacial score (nSPS) is 10.8. The molecule has 3 N–H and O–H groups in total. The topological polar surface area (TPSA) is 86.7 Å². The van der Waals surface area contributed by atoms with Gasteiger partial charge >= 0.3 is 0 Å². The van der Waals surface area contributed by atoms with Gasteiger partial charge in [0.05, 0.1) is 26.5 Å². The van der Waals surface area contributed by atoms with Gasteiger partial charge in [0.25, 0.3) is 0 Å². The van der Waals surface area contributed by atoms with E-state index in [1.165, 1.54) is 0 Å². The molecular formula is C14H20IN5O2. The first-order chi connectivity index (χ1) is 10.1. The Labute approximate surface area is 146 Å². The van der Waals surface area contributed by atoms with Crippen LogP contribution in [0.15, 0.2) is 35.5 Å². The second kappa shape index (κ2) is 8.47. The molecular weight excluding hydrogens is 397 g/mol. The Morgan fingerprint density at radius 3 is 2.59 bits per heavy atom. The number of halogens is 1. The fraction of sp³-hybridized carbons (Fsp3) is 0.286. The molecule has 0 saturated heterocycles. The number of rotatable bonds is 5.